The molecule has 0 atom stereocenters. The summed E-state index contributed by atoms with van der Waals surface area (Å²) in [7, 11) is 1.94. The van der Waals surface area contributed by atoms with Crippen molar-refractivity contribution in [3.63, 3.8) is 0 Å². The van der Waals surface area contributed by atoms with E-state index in [1.165, 1.54) is 12.1 Å². The molecule has 0 saturated heterocycles. The summed E-state index contributed by atoms with van der Waals surface area (Å²) >= 11 is 0. The van der Waals surface area contributed by atoms with Crippen LogP contribution in [0.5, 0.6) is 0 Å². The number of aromatic nitrogens is 2. The minimum atomic E-state index is -0.255. The van der Waals surface area contributed by atoms with E-state index in [0.29, 0.717) is 6.54 Å². The summed E-state index contributed by atoms with van der Waals surface area (Å²) in [6.07, 6.45) is 1.73. The molecule has 3 aromatic rings. The first-order chi connectivity index (χ1) is 13.9. The summed E-state index contributed by atoms with van der Waals surface area (Å²) in [6, 6.07) is 14.3. The molecule has 0 saturated carbocycles. The zero-order valence-electron chi connectivity index (χ0n) is 17.1. The maximum atomic E-state index is 13.0. The minimum absolute atomic E-state index is 0.0161. The number of halogens is 1. The lowest BCUT2D eigenvalue weighted by Gasteiger charge is -2.16. The third kappa shape index (κ3) is 6.26. The van der Waals surface area contributed by atoms with E-state index in [9.17, 15) is 9.18 Å². The fourth-order valence-corrected chi connectivity index (χ4v) is 3.37. The Bertz CT molecular complexity index is 945. The van der Waals surface area contributed by atoms with E-state index in [1.54, 1.807) is 12.1 Å². The van der Waals surface area contributed by atoms with Gasteiger partial charge in [0.1, 0.15) is 5.82 Å². The van der Waals surface area contributed by atoms with Gasteiger partial charge in [-0.3, -0.25) is 14.8 Å². The van der Waals surface area contributed by atoms with Crippen LogP contribution in [0.25, 0.3) is 11.3 Å². The predicted octanol–water partition coefficient (Wildman–Crippen LogP) is 4.34. The Balaban J connectivity index is 1.43. The van der Waals surface area contributed by atoms with Gasteiger partial charge in [-0.1, -0.05) is 6.07 Å². The van der Waals surface area contributed by atoms with Gasteiger partial charge < -0.3 is 5.32 Å². The molecular formula is C23H27FN4O. The SMILES string of the molecule is Cc1cc(C)cc(NC(=O)CN(C)CCCc2cc(-c3ccc(F)cc3)n[nH]2)c1. The highest BCUT2D eigenvalue weighted by atomic mass is 19.1. The molecule has 0 aliphatic heterocycles. The topological polar surface area (TPSA) is 61.0 Å². The summed E-state index contributed by atoms with van der Waals surface area (Å²) < 4.78 is 13.0. The van der Waals surface area contributed by atoms with E-state index in [-0.39, 0.29) is 11.7 Å². The number of aromatic amines is 1. The molecule has 2 aromatic carbocycles. The Morgan fingerprint density at radius 3 is 2.48 bits per heavy atom. The molecule has 152 valence electrons. The summed E-state index contributed by atoms with van der Waals surface area (Å²) in [5.41, 5.74) is 5.82. The fraction of sp³-hybridized carbons (Fsp3) is 0.304. The van der Waals surface area contributed by atoms with Gasteiger partial charge in [-0.15, -0.1) is 0 Å². The molecule has 6 heteroatoms. The zero-order valence-corrected chi connectivity index (χ0v) is 17.1. The number of anilines is 1. The largest absolute Gasteiger partial charge is 0.325 e. The van der Waals surface area contributed by atoms with Crippen LogP contribution in [-0.2, 0) is 11.2 Å². The van der Waals surface area contributed by atoms with Crippen LogP contribution in [0.3, 0.4) is 0 Å². The van der Waals surface area contributed by atoms with Crippen molar-refractivity contribution in [3.05, 3.63) is 71.2 Å². The average Bonchev–Trinajstić information content (AvgIpc) is 3.10. The van der Waals surface area contributed by atoms with Crippen LogP contribution in [0, 0.1) is 19.7 Å². The highest BCUT2D eigenvalue weighted by molar-refractivity contribution is 5.92. The highest BCUT2D eigenvalue weighted by Gasteiger charge is 2.09. The van der Waals surface area contributed by atoms with Gasteiger partial charge in [-0.2, -0.15) is 5.10 Å². The number of hydrogen-bond acceptors (Lipinski definition) is 3. The van der Waals surface area contributed by atoms with E-state index >= 15 is 0 Å². The van der Waals surface area contributed by atoms with Gasteiger partial charge in [0.25, 0.3) is 0 Å². The molecule has 0 fully saturated rings. The summed E-state index contributed by atoms with van der Waals surface area (Å²) in [4.78, 5) is 14.3. The number of benzene rings is 2. The van der Waals surface area contributed by atoms with Crippen molar-refractivity contribution in [2.45, 2.75) is 26.7 Å². The monoisotopic (exact) mass is 394 g/mol. The number of rotatable bonds is 8. The van der Waals surface area contributed by atoms with Gasteiger partial charge in [0.05, 0.1) is 12.2 Å². The smallest absolute Gasteiger partial charge is 0.238 e. The second-order valence-corrected chi connectivity index (χ2v) is 7.55. The molecule has 2 N–H and O–H groups in total. The van der Waals surface area contributed by atoms with Crippen LogP contribution in [-0.4, -0.2) is 41.1 Å². The lowest BCUT2D eigenvalue weighted by Crippen LogP contribution is -2.31. The molecular weight excluding hydrogens is 367 g/mol. The summed E-state index contributed by atoms with van der Waals surface area (Å²) in [5, 5.41) is 10.3. The number of hydrogen-bond donors (Lipinski definition) is 2. The molecule has 0 aliphatic carbocycles. The van der Waals surface area contributed by atoms with Gasteiger partial charge in [0.2, 0.25) is 5.91 Å². The Labute approximate surface area is 170 Å². The molecule has 29 heavy (non-hydrogen) atoms. The normalized spacial score (nSPS) is 11.1. The van der Waals surface area contributed by atoms with Gasteiger partial charge in [0, 0.05) is 16.9 Å². The van der Waals surface area contributed by atoms with Crippen molar-refractivity contribution in [2.24, 2.45) is 0 Å². The zero-order chi connectivity index (χ0) is 20.8. The number of H-pyrrole nitrogens is 1. The molecule has 3 rings (SSSR count). The maximum Gasteiger partial charge on any atom is 0.238 e. The molecule has 0 spiro atoms. The van der Waals surface area contributed by atoms with E-state index in [4.69, 9.17) is 0 Å². The molecule has 0 bridgehead atoms. The van der Waals surface area contributed by atoms with Crippen LogP contribution in [0.2, 0.25) is 0 Å². The lowest BCUT2D eigenvalue weighted by molar-refractivity contribution is -0.117. The molecule has 5 nitrogen and oxygen atoms in total. The van der Waals surface area contributed by atoms with Gasteiger partial charge in [-0.05, 0) is 93.9 Å². The van der Waals surface area contributed by atoms with Crippen molar-refractivity contribution in [2.75, 3.05) is 25.5 Å². The van der Waals surface area contributed by atoms with Crippen LogP contribution in [0.15, 0.2) is 48.5 Å². The molecule has 1 aromatic heterocycles. The molecule has 1 amide bonds. The first-order valence-corrected chi connectivity index (χ1v) is 9.76. The van der Waals surface area contributed by atoms with Crippen molar-refractivity contribution in [3.8, 4) is 11.3 Å². The summed E-state index contributed by atoms with van der Waals surface area (Å²) in [5.74, 6) is -0.272. The maximum absolute atomic E-state index is 13.0. The minimum Gasteiger partial charge on any atom is -0.325 e. The van der Waals surface area contributed by atoms with Gasteiger partial charge >= 0.3 is 0 Å². The number of aryl methyl sites for hydroxylation is 3. The number of nitrogens with one attached hydrogen (secondary N) is 2. The first-order valence-electron chi connectivity index (χ1n) is 9.76. The van der Waals surface area contributed by atoms with Crippen molar-refractivity contribution >= 4 is 11.6 Å². The Kier molecular flexibility index (Phi) is 6.77. The third-order valence-corrected chi connectivity index (χ3v) is 4.68. The Hall–Kier alpha value is -2.99. The van der Waals surface area contributed by atoms with Crippen LogP contribution < -0.4 is 5.32 Å². The molecule has 0 aliphatic rings. The number of amides is 1. The van der Waals surface area contributed by atoms with E-state index < -0.39 is 0 Å². The van der Waals surface area contributed by atoms with Gasteiger partial charge in [0.15, 0.2) is 0 Å². The third-order valence-electron chi connectivity index (χ3n) is 4.68. The van der Waals surface area contributed by atoms with Crippen molar-refractivity contribution in [1.82, 2.24) is 15.1 Å². The lowest BCUT2D eigenvalue weighted by atomic mass is 10.1. The molecule has 0 radical (unpaired) electrons. The predicted molar refractivity (Wildman–Crippen MR) is 114 cm³/mol. The molecule has 1 heterocycles. The fourth-order valence-electron chi connectivity index (χ4n) is 3.37. The van der Waals surface area contributed by atoms with Crippen molar-refractivity contribution < 1.29 is 9.18 Å². The van der Waals surface area contributed by atoms with Gasteiger partial charge in [-0.25, -0.2) is 4.39 Å². The second-order valence-electron chi connectivity index (χ2n) is 7.55. The summed E-state index contributed by atoms with van der Waals surface area (Å²) in [6.45, 7) is 5.18. The van der Waals surface area contributed by atoms with Crippen LogP contribution >= 0.6 is 0 Å². The molecule has 0 unspecified atom stereocenters. The second kappa shape index (κ2) is 9.47. The number of nitrogens with zero attached hydrogens (tertiary/aromatic N) is 2. The quantitative estimate of drug-likeness (QED) is 0.598. The Morgan fingerprint density at radius 1 is 1.10 bits per heavy atom. The van der Waals surface area contributed by atoms with Crippen LogP contribution in [0.1, 0.15) is 23.2 Å². The van der Waals surface area contributed by atoms with E-state index in [1.807, 2.05) is 44.0 Å². The first kappa shape index (κ1) is 20.7. The standard InChI is InChI=1S/C23H27FN4O/c1-16-11-17(2)13-21(12-16)25-23(29)15-28(3)10-4-5-20-14-22(27-26-20)18-6-8-19(24)9-7-18/h6-9,11-14H,4-5,10,15H2,1-3H3,(H,25,29)(H,26,27). The number of carbonyl (C=O) groups excluding carboxylic acids is 1. The average molecular weight is 394 g/mol. The van der Waals surface area contributed by atoms with E-state index in [0.717, 1.165) is 53.2 Å². The highest BCUT2D eigenvalue weighted by Crippen LogP contribution is 2.18. The number of likely N-dealkylation sites (N-methyl/N-ethyl adjacent to an activating group) is 1. The van der Waals surface area contributed by atoms with Crippen molar-refractivity contribution in [1.29, 1.82) is 0 Å². The van der Waals surface area contributed by atoms with Crippen LogP contribution in [0.4, 0.5) is 10.1 Å². The van der Waals surface area contributed by atoms with E-state index in [2.05, 4.69) is 21.6 Å². The number of carbonyl (C=O) groups is 1. The Morgan fingerprint density at radius 2 is 1.79 bits per heavy atom.